The van der Waals surface area contributed by atoms with Crippen molar-refractivity contribution < 1.29 is 14.3 Å². The van der Waals surface area contributed by atoms with E-state index < -0.39 is 0 Å². The van der Waals surface area contributed by atoms with Crippen LogP contribution >= 0.6 is 0 Å². The third-order valence-corrected chi connectivity index (χ3v) is 6.58. The zero-order chi connectivity index (χ0) is 21.2. The molecule has 9 heteroatoms. The first-order valence-electron chi connectivity index (χ1n) is 11.2. The summed E-state index contributed by atoms with van der Waals surface area (Å²) in [5, 5.41) is 7.20. The lowest BCUT2D eigenvalue weighted by molar-refractivity contribution is -0.133. The minimum atomic E-state index is 0.115. The molecule has 0 aliphatic carbocycles. The van der Waals surface area contributed by atoms with Crippen molar-refractivity contribution in [2.45, 2.75) is 44.2 Å². The van der Waals surface area contributed by atoms with Crippen LogP contribution in [0.1, 0.15) is 54.9 Å². The highest BCUT2D eigenvalue weighted by molar-refractivity contribution is 5.79. The Kier molecular flexibility index (Phi) is 5.78. The summed E-state index contributed by atoms with van der Waals surface area (Å²) >= 11 is 0. The van der Waals surface area contributed by atoms with E-state index in [4.69, 9.17) is 15.2 Å². The molecule has 9 nitrogen and oxygen atoms in total. The maximum Gasteiger partial charge on any atom is 0.237 e. The molecule has 3 aliphatic heterocycles. The van der Waals surface area contributed by atoms with E-state index in [1.165, 1.54) is 0 Å². The number of nitrogens with one attached hydrogen (secondary N) is 1. The normalized spacial score (nSPS) is 22.1. The number of aromatic amines is 1. The molecule has 3 N–H and O–H groups in total. The lowest BCUT2D eigenvalue weighted by Gasteiger charge is -2.33. The third kappa shape index (κ3) is 4.24. The minimum absolute atomic E-state index is 0.115. The van der Waals surface area contributed by atoms with Crippen LogP contribution in [0, 0.1) is 0 Å². The van der Waals surface area contributed by atoms with Gasteiger partial charge in [0.25, 0.3) is 0 Å². The van der Waals surface area contributed by atoms with E-state index in [9.17, 15) is 4.79 Å². The van der Waals surface area contributed by atoms with Crippen molar-refractivity contribution in [2.75, 3.05) is 39.4 Å². The molecule has 1 amide bonds. The van der Waals surface area contributed by atoms with E-state index in [0.717, 1.165) is 74.0 Å². The molecule has 1 aromatic carbocycles. The van der Waals surface area contributed by atoms with Crippen molar-refractivity contribution in [3.05, 3.63) is 35.4 Å². The van der Waals surface area contributed by atoms with E-state index >= 15 is 0 Å². The Bertz CT molecular complexity index is 924. The molecular formula is C22H30N6O3. The van der Waals surface area contributed by atoms with E-state index in [1.54, 1.807) is 0 Å². The molecule has 3 aliphatic rings. The molecule has 0 spiro atoms. The van der Waals surface area contributed by atoms with Gasteiger partial charge in [-0.15, -0.1) is 0 Å². The maximum absolute atomic E-state index is 13.2. The van der Waals surface area contributed by atoms with E-state index in [1.807, 2.05) is 17.0 Å². The highest BCUT2D eigenvalue weighted by Gasteiger charge is 2.32. The minimum Gasteiger partial charge on any atom is -0.486 e. The van der Waals surface area contributed by atoms with Gasteiger partial charge in [-0.05, 0) is 56.5 Å². The molecule has 166 valence electrons. The summed E-state index contributed by atoms with van der Waals surface area (Å²) in [6.07, 6.45) is 3.93. The second-order valence-corrected chi connectivity index (χ2v) is 8.54. The monoisotopic (exact) mass is 426 g/mol. The van der Waals surface area contributed by atoms with Crippen LogP contribution in [-0.4, -0.2) is 70.3 Å². The van der Waals surface area contributed by atoms with Crippen LogP contribution in [0.25, 0.3) is 0 Å². The van der Waals surface area contributed by atoms with Gasteiger partial charge in [0.1, 0.15) is 19.0 Å². The molecule has 0 bridgehead atoms. The molecule has 0 saturated carbocycles. The number of hydrogen-bond acceptors (Lipinski definition) is 7. The summed E-state index contributed by atoms with van der Waals surface area (Å²) in [7, 11) is 0. The Morgan fingerprint density at radius 1 is 1.13 bits per heavy atom. The van der Waals surface area contributed by atoms with Crippen LogP contribution in [0.3, 0.4) is 0 Å². The zero-order valence-corrected chi connectivity index (χ0v) is 17.8. The molecule has 2 fully saturated rings. The number of likely N-dealkylation sites (tertiary alicyclic amines) is 2. The summed E-state index contributed by atoms with van der Waals surface area (Å²) in [6, 6.07) is 6.20. The van der Waals surface area contributed by atoms with Crippen LogP contribution < -0.4 is 15.2 Å². The first-order chi connectivity index (χ1) is 15.2. The van der Waals surface area contributed by atoms with Crippen molar-refractivity contribution in [2.24, 2.45) is 5.73 Å². The number of amides is 1. The van der Waals surface area contributed by atoms with Gasteiger partial charge in [-0.25, -0.2) is 4.98 Å². The number of hydrogen-bond donors (Lipinski definition) is 2. The van der Waals surface area contributed by atoms with Gasteiger partial charge in [-0.2, -0.15) is 5.10 Å². The van der Waals surface area contributed by atoms with Crippen molar-refractivity contribution in [1.29, 1.82) is 0 Å². The predicted octanol–water partition coefficient (Wildman–Crippen LogP) is 1.58. The lowest BCUT2D eigenvalue weighted by Crippen LogP contribution is -2.43. The number of aromatic nitrogens is 3. The number of ether oxygens (including phenoxy) is 2. The zero-order valence-electron chi connectivity index (χ0n) is 17.8. The van der Waals surface area contributed by atoms with Gasteiger partial charge in [0, 0.05) is 12.5 Å². The number of fused-ring (bicyclic) bond motifs is 1. The molecule has 0 radical (unpaired) electrons. The van der Waals surface area contributed by atoms with Crippen molar-refractivity contribution in [3.8, 4) is 11.5 Å². The summed E-state index contributed by atoms with van der Waals surface area (Å²) < 4.78 is 11.4. The van der Waals surface area contributed by atoms with Crippen LogP contribution in [-0.2, 0) is 11.3 Å². The van der Waals surface area contributed by atoms with Crippen LogP contribution in [0.2, 0.25) is 0 Å². The van der Waals surface area contributed by atoms with Crippen molar-refractivity contribution in [3.63, 3.8) is 0 Å². The van der Waals surface area contributed by atoms with Gasteiger partial charge in [-0.3, -0.25) is 14.8 Å². The molecule has 4 heterocycles. The highest BCUT2D eigenvalue weighted by Crippen LogP contribution is 2.38. The fraction of sp³-hybridized carbons (Fsp3) is 0.591. The van der Waals surface area contributed by atoms with Gasteiger partial charge in [0.05, 0.1) is 19.1 Å². The van der Waals surface area contributed by atoms with E-state index in [2.05, 4.69) is 26.1 Å². The Hall–Kier alpha value is -2.65. The van der Waals surface area contributed by atoms with Crippen molar-refractivity contribution >= 4 is 5.91 Å². The van der Waals surface area contributed by atoms with Gasteiger partial charge in [0.2, 0.25) is 5.91 Å². The lowest BCUT2D eigenvalue weighted by atomic mass is 9.96. The number of rotatable bonds is 5. The van der Waals surface area contributed by atoms with Crippen molar-refractivity contribution in [1.82, 2.24) is 25.0 Å². The topological polar surface area (TPSA) is 110 Å². The number of nitrogens with two attached hydrogens (primary N) is 1. The van der Waals surface area contributed by atoms with E-state index in [0.29, 0.717) is 32.2 Å². The number of benzene rings is 1. The Morgan fingerprint density at radius 3 is 2.71 bits per heavy atom. The van der Waals surface area contributed by atoms with Gasteiger partial charge in [0.15, 0.2) is 17.3 Å². The number of piperidine rings is 1. The molecule has 1 atom stereocenters. The molecule has 1 unspecified atom stereocenters. The second kappa shape index (κ2) is 8.84. The molecular weight excluding hydrogens is 396 g/mol. The molecule has 2 saturated heterocycles. The van der Waals surface area contributed by atoms with Crippen LogP contribution in [0.4, 0.5) is 0 Å². The fourth-order valence-electron chi connectivity index (χ4n) is 4.89. The highest BCUT2D eigenvalue weighted by atomic mass is 16.6. The predicted molar refractivity (Wildman–Crippen MR) is 114 cm³/mol. The maximum atomic E-state index is 13.2. The smallest absolute Gasteiger partial charge is 0.237 e. The average molecular weight is 427 g/mol. The largest absolute Gasteiger partial charge is 0.486 e. The first kappa shape index (κ1) is 20.3. The Labute approximate surface area is 181 Å². The number of carbonyl (C=O) groups is 1. The van der Waals surface area contributed by atoms with Gasteiger partial charge < -0.3 is 20.1 Å². The molecule has 5 rings (SSSR count). The summed E-state index contributed by atoms with van der Waals surface area (Å²) in [4.78, 5) is 21.9. The number of nitrogens with zero attached hydrogens (tertiary/aromatic N) is 4. The SMILES string of the molecule is NCc1nc(C2CCN(CC(=O)N3CCCC3c3ccc4c(c3)OCCO4)CC2)n[nH]1. The second-order valence-electron chi connectivity index (χ2n) is 8.54. The van der Waals surface area contributed by atoms with Crippen LogP contribution in [0.15, 0.2) is 18.2 Å². The first-order valence-corrected chi connectivity index (χ1v) is 11.2. The van der Waals surface area contributed by atoms with Gasteiger partial charge >= 0.3 is 0 Å². The number of carbonyl (C=O) groups excluding carboxylic acids is 1. The van der Waals surface area contributed by atoms with E-state index in [-0.39, 0.29) is 11.9 Å². The molecule has 31 heavy (non-hydrogen) atoms. The molecule has 1 aromatic heterocycles. The summed E-state index contributed by atoms with van der Waals surface area (Å²) in [5.74, 6) is 3.70. The standard InChI is InChI=1S/C22H30N6O3/c23-13-20-24-22(26-25-20)15-5-8-27(9-6-15)14-21(29)28-7-1-2-17(28)16-3-4-18-19(12-16)31-11-10-30-18/h3-4,12,15,17H,1-2,5-11,13-14,23H2,(H,24,25,26). The summed E-state index contributed by atoms with van der Waals surface area (Å²) in [5.41, 5.74) is 6.75. The Balaban J connectivity index is 1.18. The third-order valence-electron chi connectivity index (χ3n) is 6.58. The van der Waals surface area contributed by atoms with Crippen LogP contribution in [0.5, 0.6) is 11.5 Å². The van der Waals surface area contributed by atoms with Gasteiger partial charge in [-0.1, -0.05) is 6.07 Å². The summed E-state index contributed by atoms with van der Waals surface area (Å²) in [6.45, 7) is 4.57. The number of H-pyrrole nitrogens is 1. The molecule has 2 aromatic rings. The average Bonchev–Trinajstić information content (AvgIpc) is 3.49. The fourth-order valence-corrected chi connectivity index (χ4v) is 4.89. The Morgan fingerprint density at radius 2 is 1.94 bits per heavy atom. The quantitative estimate of drug-likeness (QED) is 0.747.